The maximum Gasteiger partial charge on any atom is 0.265 e. The molecule has 2 N–H and O–H groups in total. The molecule has 5 rings (SSSR count). The van der Waals surface area contributed by atoms with Crippen LogP contribution >= 0.6 is 22.9 Å². The Morgan fingerprint density at radius 3 is 2.36 bits per heavy atom. The van der Waals surface area contributed by atoms with Crippen LogP contribution in [-0.4, -0.2) is 30.4 Å². The van der Waals surface area contributed by atoms with Gasteiger partial charge < -0.3 is 5.32 Å². The first kappa shape index (κ1) is 26.9. The molecule has 0 aliphatic carbocycles. The van der Waals surface area contributed by atoms with Crippen LogP contribution < -0.4 is 10.0 Å². The van der Waals surface area contributed by atoms with Gasteiger partial charge in [-0.25, -0.2) is 8.42 Å². The van der Waals surface area contributed by atoms with E-state index in [-0.39, 0.29) is 11.3 Å². The van der Waals surface area contributed by atoms with Crippen molar-refractivity contribution in [3.05, 3.63) is 100 Å². The molecule has 39 heavy (non-hydrogen) atoms. The van der Waals surface area contributed by atoms with Crippen molar-refractivity contribution in [2.75, 3.05) is 16.3 Å². The van der Waals surface area contributed by atoms with Crippen molar-refractivity contribution in [3.8, 4) is 11.3 Å². The van der Waals surface area contributed by atoms with Gasteiger partial charge in [-0.15, -0.1) is 11.3 Å². The number of aromatic nitrogens is 2. The molecule has 7 nitrogen and oxygen atoms in total. The second kappa shape index (κ2) is 10.1. The summed E-state index contributed by atoms with van der Waals surface area (Å²) < 4.78 is 28.3. The van der Waals surface area contributed by atoms with E-state index in [9.17, 15) is 13.2 Å². The van der Waals surface area contributed by atoms with Gasteiger partial charge in [-0.3, -0.25) is 14.2 Å². The second-order valence-electron chi connectivity index (χ2n) is 9.96. The number of fused-ring (bicyclic) bond motifs is 1. The fourth-order valence-electron chi connectivity index (χ4n) is 4.53. The fraction of sp³-hybridized carbons (Fsp3) is 0.172. The van der Waals surface area contributed by atoms with Crippen LogP contribution in [-0.2, 0) is 22.5 Å². The van der Waals surface area contributed by atoms with Crippen LogP contribution in [0, 0.1) is 0 Å². The zero-order chi connectivity index (χ0) is 27.9. The third kappa shape index (κ3) is 5.85. The number of carbonyl (C=O) groups excluding carboxylic acids is 1. The fourth-order valence-corrected chi connectivity index (χ4v) is 6.26. The Balaban J connectivity index is 1.38. The number of nitrogens with zero attached hydrogens (tertiary/aromatic N) is 2. The van der Waals surface area contributed by atoms with E-state index in [1.54, 1.807) is 36.5 Å². The number of halogens is 1. The van der Waals surface area contributed by atoms with Gasteiger partial charge in [0.1, 0.15) is 0 Å². The summed E-state index contributed by atoms with van der Waals surface area (Å²) in [6.45, 7) is 4.24. The zero-order valence-corrected chi connectivity index (χ0v) is 24.2. The predicted octanol–water partition coefficient (Wildman–Crippen LogP) is 6.90. The van der Waals surface area contributed by atoms with Crippen molar-refractivity contribution in [3.63, 3.8) is 0 Å². The van der Waals surface area contributed by atoms with E-state index in [2.05, 4.69) is 53.3 Å². The number of rotatable bonds is 7. The van der Waals surface area contributed by atoms with Gasteiger partial charge in [-0.2, -0.15) is 5.10 Å². The van der Waals surface area contributed by atoms with Crippen molar-refractivity contribution in [1.29, 1.82) is 0 Å². The molecule has 0 bridgehead atoms. The third-order valence-corrected chi connectivity index (χ3v) is 8.58. The Labute approximate surface area is 236 Å². The summed E-state index contributed by atoms with van der Waals surface area (Å²) in [6, 6.07) is 22.9. The molecule has 0 aliphatic rings. The molecule has 0 radical (unpaired) electrons. The standard InChI is InChI=1S/C29H27ClN4O3S2/c1-29(2,20-7-5-18(6-8-20)25-11-12-31-34(25)3)21-15-22(30)17-24(16-21)32-28(35)27-14-19-13-23(33-39(4,36)37)9-10-26(19)38-27/h5-17,33H,1-4H3,(H,32,35). The van der Waals surface area contributed by atoms with Crippen molar-refractivity contribution in [2.24, 2.45) is 7.05 Å². The largest absolute Gasteiger partial charge is 0.321 e. The topological polar surface area (TPSA) is 93.1 Å². The lowest BCUT2D eigenvalue weighted by Crippen LogP contribution is -2.19. The number of aryl methyl sites for hydroxylation is 1. The number of nitrogens with one attached hydrogen (secondary N) is 2. The molecule has 0 atom stereocenters. The van der Waals surface area contributed by atoms with E-state index in [4.69, 9.17) is 11.6 Å². The maximum absolute atomic E-state index is 13.2. The van der Waals surface area contributed by atoms with Gasteiger partial charge in [0, 0.05) is 39.8 Å². The Hall–Kier alpha value is -3.66. The van der Waals surface area contributed by atoms with Crippen LogP contribution in [0.4, 0.5) is 11.4 Å². The van der Waals surface area contributed by atoms with E-state index < -0.39 is 10.0 Å². The van der Waals surface area contributed by atoms with Crippen molar-refractivity contribution in [1.82, 2.24) is 9.78 Å². The molecule has 0 fully saturated rings. The Morgan fingerprint density at radius 2 is 1.69 bits per heavy atom. The molecule has 200 valence electrons. The van der Waals surface area contributed by atoms with E-state index in [1.807, 2.05) is 29.9 Å². The smallest absolute Gasteiger partial charge is 0.265 e. The minimum atomic E-state index is -3.39. The van der Waals surface area contributed by atoms with Crippen molar-refractivity contribution >= 4 is 60.3 Å². The highest BCUT2D eigenvalue weighted by atomic mass is 35.5. The molecule has 5 aromatic rings. The lowest BCUT2D eigenvalue weighted by molar-refractivity contribution is 0.103. The van der Waals surface area contributed by atoms with Crippen molar-refractivity contribution < 1.29 is 13.2 Å². The molecule has 2 heterocycles. The first-order valence-electron chi connectivity index (χ1n) is 12.1. The lowest BCUT2D eigenvalue weighted by Gasteiger charge is -2.27. The highest BCUT2D eigenvalue weighted by Gasteiger charge is 2.25. The second-order valence-corrected chi connectivity index (χ2v) is 13.2. The molecule has 0 saturated heterocycles. The molecule has 10 heteroatoms. The molecule has 0 saturated carbocycles. The summed E-state index contributed by atoms with van der Waals surface area (Å²) in [7, 11) is -1.47. The van der Waals surface area contributed by atoms with Gasteiger partial charge >= 0.3 is 0 Å². The third-order valence-electron chi connectivity index (χ3n) is 6.64. The van der Waals surface area contributed by atoms with Gasteiger partial charge in [-0.1, -0.05) is 49.7 Å². The van der Waals surface area contributed by atoms with Crippen LogP contribution in [0.5, 0.6) is 0 Å². The normalized spacial score (nSPS) is 12.0. The van der Waals surface area contributed by atoms with Gasteiger partial charge in [0.2, 0.25) is 10.0 Å². The monoisotopic (exact) mass is 578 g/mol. The maximum atomic E-state index is 13.2. The van der Waals surface area contributed by atoms with Crippen LogP contribution in [0.2, 0.25) is 5.02 Å². The molecular weight excluding hydrogens is 552 g/mol. The number of hydrogen-bond acceptors (Lipinski definition) is 5. The van der Waals surface area contributed by atoms with Crippen LogP contribution in [0.15, 0.2) is 79.0 Å². The Bertz CT molecular complexity index is 1810. The number of amides is 1. The molecule has 0 spiro atoms. The average Bonchev–Trinajstić information content (AvgIpc) is 3.48. The summed E-state index contributed by atoms with van der Waals surface area (Å²) in [5.41, 5.74) is 4.86. The molecule has 2 aromatic heterocycles. The number of thiophene rings is 1. The summed E-state index contributed by atoms with van der Waals surface area (Å²) in [5, 5.41) is 8.53. The molecule has 1 amide bonds. The van der Waals surface area contributed by atoms with Gasteiger partial charge in [0.25, 0.3) is 5.91 Å². The van der Waals surface area contributed by atoms with Gasteiger partial charge in [0.05, 0.1) is 16.8 Å². The number of sulfonamides is 1. The molecular formula is C29H27ClN4O3S2. The quantitative estimate of drug-likeness (QED) is 0.219. The first-order chi connectivity index (χ1) is 18.4. The highest BCUT2D eigenvalue weighted by Crippen LogP contribution is 2.36. The van der Waals surface area contributed by atoms with E-state index >= 15 is 0 Å². The highest BCUT2D eigenvalue weighted by molar-refractivity contribution is 7.92. The minimum absolute atomic E-state index is 0.264. The molecule has 0 unspecified atom stereocenters. The number of benzene rings is 3. The summed E-state index contributed by atoms with van der Waals surface area (Å²) in [6.07, 6.45) is 2.88. The Kier molecular flexibility index (Phi) is 7.00. The van der Waals surface area contributed by atoms with Crippen LogP contribution in [0.25, 0.3) is 21.3 Å². The van der Waals surface area contributed by atoms with E-state index in [1.165, 1.54) is 11.3 Å². The summed E-state index contributed by atoms with van der Waals surface area (Å²) >= 11 is 7.84. The summed E-state index contributed by atoms with van der Waals surface area (Å²) in [5.74, 6) is -0.264. The predicted molar refractivity (Wildman–Crippen MR) is 160 cm³/mol. The summed E-state index contributed by atoms with van der Waals surface area (Å²) in [4.78, 5) is 13.7. The van der Waals surface area contributed by atoms with E-state index in [0.29, 0.717) is 21.3 Å². The van der Waals surface area contributed by atoms with Crippen LogP contribution in [0.1, 0.15) is 34.6 Å². The molecule has 3 aromatic carbocycles. The SMILES string of the molecule is Cn1nccc1-c1ccc(C(C)(C)c2cc(Cl)cc(NC(=O)c3cc4cc(NS(C)(=O)=O)ccc4s3)c2)cc1. The van der Waals surface area contributed by atoms with Gasteiger partial charge in [-0.05, 0) is 70.6 Å². The first-order valence-corrected chi connectivity index (χ1v) is 15.2. The van der Waals surface area contributed by atoms with Gasteiger partial charge in [0.15, 0.2) is 0 Å². The minimum Gasteiger partial charge on any atom is -0.321 e. The average molecular weight is 579 g/mol. The molecule has 0 aliphatic heterocycles. The number of hydrogen-bond donors (Lipinski definition) is 2. The number of carbonyl (C=O) groups is 1. The Morgan fingerprint density at radius 1 is 0.949 bits per heavy atom. The lowest BCUT2D eigenvalue weighted by atomic mass is 9.77. The number of anilines is 2. The van der Waals surface area contributed by atoms with Crippen molar-refractivity contribution in [2.45, 2.75) is 19.3 Å². The van der Waals surface area contributed by atoms with E-state index in [0.717, 1.165) is 38.7 Å². The van der Waals surface area contributed by atoms with Crippen LogP contribution in [0.3, 0.4) is 0 Å². The zero-order valence-electron chi connectivity index (χ0n) is 21.8.